The highest BCUT2D eigenvalue weighted by molar-refractivity contribution is 5.94. The van der Waals surface area contributed by atoms with Gasteiger partial charge in [0.1, 0.15) is 6.04 Å². The van der Waals surface area contributed by atoms with E-state index in [9.17, 15) is 9.59 Å². The van der Waals surface area contributed by atoms with Crippen molar-refractivity contribution in [3.8, 4) is 0 Å². The zero-order chi connectivity index (χ0) is 15.3. The van der Waals surface area contributed by atoms with Crippen LogP contribution in [0.1, 0.15) is 31.9 Å². The number of aliphatic carboxylic acids is 1. The van der Waals surface area contributed by atoms with Crippen molar-refractivity contribution in [1.29, 1.82) is 0 Å². The van der Waals surface area contributed by atoms with Crippen molar-refractivity contribution in [2.75, 3.05) is 0 Å². The minimum atomic E-state index is -1.03. The maximum absolute atomic E-state index is 11.8. The molecule has 0 unspecified atom stereocenters. The summed E-state index contributed by atoms with van der Waals surface area (Å²) in [6.07, 6.45) is 3.03. The van der Waals surface area contributed by atoms with Crippen LogP contribution in [0.25, 0.3) is 6.08 Å². The van der Waals surface area contributed by atoms with E-state index in [4.69, 9.17) is 5.11 Å². The number of amides is 1. The Bertz CT molecular complexity index is 527. The highest BCUT2D eigenvalue weighted by Gasteiger charge is 2.31. The average molecular weight is 275 g/mol. The van der Waals surface area contributed by atoms with E-state index >= 15 is 0 Å². The van der Waals surface area contributed by atoms with Gasteiger partial charge in [0.15, 0.2) is 0 Å². The lowest BCUT2D eigenvalue weighted by Crippen LogP contribution is -2.48. The zero-order valence-corrected chi connectivity index (χ0v) is 12.3. The lowest BCUT2D eigenvalue weighted by atomic mass is 9.87. The normalized spacial score (nSPS) is 13.2. The van der Waals surface area contributed by atoms with Crippen molar-refractivity contribution in [2.45, 2.75) is 33.7 Å². The summed E-state index contributed by atoms with van der Waals surface area (Å²) in [7, 11) is 0. The third-order valence-electron chi connectivity index (χ3n) is 2.87. The fraction of sp³-hybridized carbons (Fsp3) is 0.375. The second-order valence-corrected chi connectivity index (χ2v) is 5.89. The summed E-state index contributed by atoms with van der Waals surface area (Å²) in [5.41, 5.74) is 1.46. The smallest absolute Gasteiger partial charge is 0.326 e. The molecule has 1 rings (SSSR count). The highest BCUT2D eigenvalue weighted by atomic mass is 16.4. The van der Waals surface area contributed by atoms with E-state index in [0.717, 1.165) is 11.1 Å². The molecule has 0 aliphatic rings. The molecule has 1 amide bonds. The first kappa shape index (κ1) is 16.0. The first-order valence-electron chi connectivity index (χ1n) is 6.48. The predicted molar refractivity (Wildman–Crippen MR) is 79.2 cm³/mol. The molecule has 0 aromatic heterocycles. The summed E-state index contributed by atoms with van der Waals surface area (Å²) in [4.78, 5) is 23.0. The average Bonchev–Trinajstić information content (AvgIpc) is 2.31. The van der Waals surface area contributed by atoms with Crippen LogP contribution in [0.3, 0.4) is 0 Å². The second kappa shape index (κ2) is 6.37. The lowest BCUT2D eigenvalue weighted by molar-refractivity contribution is -0.144. The van der Waals surface area contributed by atoms with Crippen molar-refractivity contribution in [3.05, 3.63) is 41.5 Å². The van der Waals surface area contributed by atoms with Gasteiger partial charge in [0.05, 0.1) is 0 Å². The Morgan fingerprint density at radius 2 is 1.95 bits per heavy atom. The number of carbonyl (C=O) groups excluding carboxylic acids is 1. The summed E-state index contributed by atoms with van der Waals surface area (Å²) >= 11 is 0. The number of nitrogens with one attached hydrogen (secondary N) is 1. The van der Waals surface area contributed by atoms with E-state index in [1.54, 1.807) is 26.8 Å². The molecule has 0 aliphatic carbocycles. The van der Waals surface area contributed by atoms with E-state index in [-0.39, 0.29) is 0 Å². The van der Waals surface area contributed by atoms with E-state index < -0.39 is 23.3 Å². The Labute approximate surface area is 119 Å². The summed E-state index contributed by atoms with van der Waals surface area (Å²) < 4.78 is 0. The van der Waals surface area contributed by atoms with E-state index in [2.05, 4.69) is 5.32 Å². The number of carbonyl (C=O) groups is 2. The molecule has 0 saturated carbocycles. The van der Waals surface area contributed by atoms with Crippen LogP contribution < -0.4 is 5.32 Å². The molecule has 108 valence electrons. The zero-order valence-electron chi connectivity index (χ0n) is 12.3. The molecular weight excluding hydrogens is 254 g/mol. The SMILES string of the molecule is Cc1cccc(/C=C/C(=O)N[C@H](C(=O)O)C(C)(C)C)c1. The van der Waals surface area contributed by atoms with E-state index in [1.807, 2.05) is 31.2 Å². The van der Waals surface area contributed by atoms with Crippen LogP contribution in [-0.4, -0.2) is 23.0 Å². The van der Waals surface area contributed by atoms with Crippen molar-refractivity contribution in [1.82, 2.24) is 5.32 Å². The molecule has 1 aromatic rings. The van der Waals surface area contributed by atoms with Crippen LogP contribution in [0.15, 0.2) is 30.3 Å². The number of hydrogen-bond donors (Lipinski definition) is 2. The predicted octanol–water partition coefficient (Wildman–Crippen LogP) is 2.62. The summed E-state index contributed by atoms with van der Waals surface area (Å²) in [5.74, 6) is -1.44. The minimum absolute atomic E-state index is 0.408. The van der Waals surface area contributed by atoms with Crippen molar-refractivity contribution in [3.63, 3.8) is 0 Å². The van der Waals surface area contributed by atoms with Gasteiger partial charge in [-0.05, 0) is 24.0 Å². The van der Waals surface area contributed by atoms with Gasteiger partial charge in [0.2, 0.25) is 5.91 Å². The molecule has 1 atom stereocenters. The van der Waals surface area contributed by atoms with Gasteiger partial charge < -0.3 is 10.4 Å². The Hall–Kier alpha value is -2.10. The van der Waals surface area contributed by atoms with Crippen LogP contribution in [0.4, 0.5) is 0 Å². The number of rotatable bonds is 4. The van der Waals surface area contributed by atoms with Crippen LogP contribution >= 0.6 is 0 Å². The fourth-order valence-electron chi connectivity index (χ4n) is 1.78. The summed E-state index contributed by atoms with van der Waals surface area (Å²) in [5, 5.41) is 11.7. The third kappa shape index (κ3) is 4.88. The van der Waals surface area contributed by atoms with E-state index in [0.29, 0.717) is 0 Å². The van der Waals surface area contributed by atoms with Crippen molar-refractivity contribution < 1.29 is 14.7 Å². The molecule has 20 heavy (non-hydrogen) atoms. The van der Waals surface area contributed by atoms with Crippen LogP contribution in [0.2, 0.25) is 0 Å². The fourth-order valence-corrected chi connectivity index (χ4v) is 1.78. The number of hydrogen-bond acceptors (Lipinski definition) is 2. The molecule has 0 fully saturated rings. The van der Waals surface area contributed by atoms with Gasteiger partial charge in [-0.2, -0.15) is 0 Å². The van der Waals surface area contributed by atoms with Gasteiger partial charge in [-0.3, -0.25) is 4.79 Å². The Morgan fingerprint density at radius 1 is 1.30 bits per heavy atom. The quantitative estimate of drug-likeness (QED) is 0.830. The molecule has 0 aliphatic heterocycles. The van der Waals surface area contributed by atoms with Gasteiger partial charge in [-0.1, -0.05) is 50.6 Å². The molecule has 0 bridgehead atoms. The molecule has 1 aromatic carbocycles. The van der Waals surface area contributed by atoms with Crippen LogP contribution in [-0.2, 0) is 9.59 Å². The first-order chi connectivity index (χ1) is 9.20. The van der Waals surface area contributed by atoms with Gasteiger partial charge >= 0.3 is 5.97 Å². The van der Waals surface area contributed by atoms with Gasteiger partial charge in [0, 0.05) is 6.08 Å². The number of benzene rings is 1. The maximum atomic E-state index is 11.8. The molecule has 0 spiro atoms. The Balaban J connectivity index is 2.74. The molecule has 0 heterocycles. The van der Waals surface area contributed by atoms with Crippen LogP contribution in [0.5, 0.6) is 0 Å². The Morgan fingerprint density at radius 3 is 2.45 bits per heavy atom. The number of carboxylic acid groups (broad SMARTS) is 1. The van der Waals surface area contributed by atoms with Gasteiger partial charge in [-0.25, -0.2) is 4.79 Å². The Kier molecular flexibility index (Phi) is 5.08. The first-order valence-corrected chi connectivity index (χ1v) is 6.48. The topological polar surface area (TPSA) is 66.4 Å². The second-order valence-electron chi connectivity index (χ2n) is 5.89. The molecule has 0 saturated heterocycles. The monoisotopic (exact) mass is 275 g/mol. The molecule has 4 heteroatoms. The highest BCUT2D eigenvalue weighted by Crippen LogP contribution is 2.19. The largest absolute Gasteiger partial charge is 0.480 e. The minimum Gasteiger partial charge on any atom is -0.480 e. The van der Waals surface area contributed by atoms with Gasteiger partial charge in [-0.15, -0.1) is 0 Å². The molecule has 0 radical (unpaired) electrons. The lowest BCUT2D eigenvalue weighted by Gasteiger charge is -2.27. The summed E-state index contributed by atoms with van der Waals surface area (Å²) in [6.45, 7) is 7.29. The number of carboxylic acids is 1. The summed E-state index contributed by atoms with van der Waals surface area (Å²) in [6, 6.07) is 6.79. The van der Waals surface area contributed by atoms with E-state index in [1.165, 1.54) is 6.08 Å². The van der Waals surface area contributed by atoms with Crippen molar-refractivity contribution in [2.24, 2.45) is 5.41 Å². The van der Waals surface area contributed by atoms with Gasteiger partial charge in [0.25, 0.3) is 0 Å². The van der Waals surface area contributed by atoms with Crippen molar-refractivity contribution >= 4 is 18.0 Å². The third-order valence-corrected chi connectivity index (χ3v) is 2.87. The molecule has 2 N–H and O–H groups in total. The molecule has 4 nitrogen and oxygen atoms in total. The van der Waals surface area contributed by atoms with Crippen LogP contribution in [0, 0.1) is 12.3 Å². The maximum Gasteiger partial charge on any atom is 0.326 e. The molecular formula is C16H21NO3. The standard InChI is InChI=1S/C16H21NO3/c1-11-6-5-7-12(10-11)8-9-13(18)17-14(15(19)20)16(2,3)4/h5-10,14H,1-4H3,(H,17,18)(H,19,20)/b9-8+/t14-/m1/s1. The number of aryl methyl sites for hydroxylation is 1.